The molecule has 1 amide bonds. The van der Waals surface area contributed by atoms with E-state index in [1.165, 1.54) is 12.1 Å². The third kappa shape index (κ3) is 3.36. The van der Waals surface area contributed by atoms with Crippen molar-refractivity contribution in [3.63, 3.8) is 0 Å². The lowest BCUT2D eigenvalue weighted by atomic mass is 10.2. The second-order valence-electron chi connectivity index (χ2n) is 4.59. The van der Waals surface area contributed by atoms with Crippen LogP contribution < -0.4 is 10.2 Å². The molecule has 0 spiro atoms. The van der Waals surface area contributed by atoms with Crippen LogP contribution >= 0.6 is 27.5 Å². The Balaban J connectivity index is 2.37. The maximum Gasteiger partial charge on any atom is 0.256 e. The number of carbonyl (C=O) groups is 1. The summed E-state index contributed by atoms with van der Waals surface area (Å²) in [6.07, 6.45) is 0. The molecule has 0 atom stereocenters. The summed E-state index contributed by atoms with van der Waals surface area (Å²) in [4.78, 5) is 14.1. The molecule has 2 aromatic rings. The maximum atomic E-state index is 13.5. The van der Waals surface area contributed by atoms with Gasteiger partial charge in [0, 0.05) is 14.1 Å². The van der Waals surface area contributed by atoms with Gasteiger partial charge in [0.2, 0.25) is 0 Å². The monoisotopic (exact) mass is 370 g/mol. The summed E-state index contributed by atoms with van der Waals surface area (Å²) >= 11 is 9.23. The van der Waals surface area contributed by atoms with Gasteiger partial charge < -0.3 is 10.2 Å². The third-order valence-electron chi connectivity index (χ3n) is 2.88. The van der Waals surface area contributed by atoms with Crippen LogP contribution in [0.15, 0.2) is 40.9 Å². The highest BCUT2D eigenvalue weighted by molar-refractivity contribution is 9.10. The van der Waals surface area contributed by atoms with Crippen LogP contribution in [0.5, 0.6) is 0 Å². The average Bonchev–Trinajstić information content (AvgIpc) is 2.41. The van der Waals surface area contributed by atoms with E-state index in [-0.39, 0.29) is 10.0 Å². The molecule has 0 radical (unpaired) electrons. The number of rotatable bonds is 3. The number of para-hydroxylation sites is 1. The Kier molecular flexibility index (Phi) is 4.85. The molecular weight excluding hydrogens is 359 g/mol. The molecule has 21 heavy (non-hydrogen) atoms. The Labute approximate surface area is 135 Å². The molecule has 0 saturated carbocycles. The van der Waals surface area contributed by atoms with Gasteiger partial charge in [-0.2, -0.15) is 0 Å². The molecule has 2 aromatic carbocycles. The van der Waals surface area contributed by atoms with Gasteiger partial charge in [0.1, 0.15) is 5.82 Å². The normalized spacial score (nSPS) is 10.3. The van der Waals surface area contributed by atoms with E-state index in [0.29, 0.717) is 16.4 Å². The molecule has 0 heterocycles. The van der Waals surface area contributed by atoms with Crippen molar-refractivity contribution in [2.45, 2.75) is 0 Å². The number of nitrogens with zero attached hydrogens (tertiary/aromatic N) is 1. The number of anilines is 2. The zero-order valence-corrected chi connectivity index (χ0v) is 13.8. The Morgan fingerprint density at radius 2 is 1.90 bits per heavy atom. The van der Waals surface area contributed by atoms with Crippen molar-refractivity contribution in [3.05, 3.63) is 57.3 Å². The lowest BCUT2D eigenvalue weighted by Crippen LogP contribution is -2.17. The van der Waals surface area contributed by atoms with E-state index in [1.54, 1.807) is 29.2 Å². The molecule has 2 rings (SSSR count). The maximum absolute atomic E-state index is 13.5. The Bertz CT molecular complexity index is 691. The van der Waals surface area contributed by atoms with Crippen LogP contribution in [0.25, 0.3) is 0 Å². The van der Waals surface area contributed by atoms with Gasteiger partial charge >= 0.3 is 0 Å². The molecule has 0 unspecified atom stereocenters. The summed E-state index contributed by atoms with van der Waals surface area (Å²) in [6.45, 7) is 0. The molecule has 1 N–H and O–H groups in total. The standard InChI is InChI=1S/C15H13BrClFN2O/c1-20(2)14-10(17)6-4-8-12(14)19-15(21)9-5-3-7-11(18)13(9)16/h3-8H,1-2H3,(H,19,21). The zero-order valence-electron chi connectivity index (χ0n) is 11.5. The Morgan fingerprint density at radius 1 is 1.24 bits per heavy atom. The largest absolute Gasteiger partial charge is 0.375 e. The van der Waals surface area contributed by atoms with E-state index in [0.717, 1.165) is 0 Å². The number of carbonyl (C=O) groups excluding carboxylic acids is 1. The van der Waals surface area contributed by atoms with Crippen molar-refractivity contribution in [2.24, 2.45) is 0 Å². The fourth-order valence-electron chi connectivity index (χ4n) is 1.94. The summed E-state index contributed by atoms with van der Waals surface area (Å²) in [5, 5.41) is 3.28. The Morgan fingerprint density at radius 3 is 2.57 bits per heavy atom. The van der Waals surface area contributed by atoms with Crippen molar-refractivity contribution in [2.75, 3.05) is 24.3 Å². The number of benzene rings is 2. The predicted octanol–water partition coefficient (Wildman–Crippen LogP) is 4.56. The van der Waals surface area contributed by atoms with Crippen LogP contribution in [-0.2, 0) is 0 Å². The van der Waals surface area contributed by atoms with Crippen LogP contribution in [0, 0.1) is 5.82 Å². The molecule has 6 heteroatoms. The van der Waals surface area contributed by atoms with Gasteiger partial charge in [0.15, 0.2) is 0 Å². The molecule has 110 valence electrons. The second-order valence-corrected chi connectivity index (χ2v) is 5.79. The van der Waals surface area contributed by atoms with E-state index < -0.39 is 11.7 Å². The van der Waals surface area contributed by atoms with Gasteiger partial charge in [-0.05, 0) is 40.2 Å². The van der Waals surface area contributed by atoms with Gasteiger partial charge in [-0.15, -0.1) is 0 Å². The van der Waals surface area contributed by atoms with E-state index in [1.807, 2.05) is 14.1 Å². The highest BCUT2D eigenvalue weighted by Gasteiger charge is 2.16. The quantitative estimate of drug-likeness (QED) is 0.858. The summed E-state index contributed by atoms with van der Waals surface area (Å²) < 4.78 is 13.6. The van der Waals surface area contributed by atoms with Crippen LogP contribution in [0.2, 0.25) is 5.02 Å². The minimum absolute atomic E-state index is 0.135. The van der Waals surface area contributed by atoms with Crippen LogP contribution in [-0.4, -0.2) is 20.0 Å². The van der Waals surface area contributed by atoms with Gasteiger partial charge in [0.25, 0.3) is 5.91 Å². The van der Waals surface area contributed by atoms with Crippen molar-refractivity contribution < 1.29 is 9.18 Å². The molecular formula is C15H13BrClFN2O. The van der Waals surface area contributed by atoms with E-state index in [9.17, 15) is 9.18 Å². The highest BCUT2D eigenvalue weighted by Crippen LogP contribution is 2.33. The van der Waals surface area contributed by atoms with Crippen molar-refractivity contribution in [1.82, 2.24) is 0 Å². The fraction of sp³-hybridized carbons (Fsp3) is 0.133. The second kappa shape index (κ2) is 6.45. The topological polar surface area (TPSA) is 32.3 Å². The van der Waals surface area contributed by atoms with Gasteiger partial charge in [-0.25, -0.2) is 4.39 Å². The molecule has 0 aliphatic rings. The number of amides is 1. The van der Waals surface area contributed by atoms with Crippen molar-refractivity contribution >= 4 is 44.8 Å². The molecule has 0 saturated heterocycles. The number of hydrogen-bond donors (Lipinski definition) is 1. The first kappa shape index (κ1) is 15.8. The van der Waals surface area contributed by atoms with Gasteiger partial charge in [-0.1, -0.05) is 23.7 Å². The van der Waals surface area contributed by atoms with E-state index in [4.69, 9.17) is 11.6 Å². The van der Waals surface area contributed by atoms with E-state index >= 15 is 0 Å². The first-order chi connectivity index (χ1) is 9.91. The third-order valence-corrected chi connectivity index (χ3v) is 3.99. The van der Waals surface area contributed by atoms with Crippen molar-refractivity contribution in [3.8, 4) is 0 Å². The van der Waals surface area contributed by atoms with Gasteiger partial charge in [0.05, 0.1) is 26.4 Å². The first-order valence-electron chi connectivity index (χ1n) is 6.13. The lowest BCUT2D eigenvalue weighted by molar-refractivity contribution is 0.102. The van der Waals surface area contributed by atoms with Crippen molar-refractivity contribution in [1.29, 1.82) is 0 Å². The molecule has 0 bridgehead atoms. The molecule has 0 aliphatic carbocycles. The predicted molar refractivity (Wildman–Crippen MR) is 87.8 cm³/mol. The Hall–Kier alpha value is -1.59. The number of hydrogen-bond acceptors (Lipinski definition) is 2. The smallest absolute Gasteiger partial charge is 0.256 e. The molecule has 0 fully saturated rings. The minimum atomic E-state index is -0.485. The van der Waals surface area contributed by atoms with Crippen LogP contribution in [0.3, 0.4) is 0 Å². The summed E-state index contributed by atoms with van der Waals surface area (Å²) in [6, 6.07) is 9.54. The molecule has 0 aliphatic heterocycles. The molecule has 0 aromatic heterocycles. The first-order valence-corrected chi connectivity index (χ1v) is 7.30. The van der Waals surface area contributed by atoms with Crippen LogP contribution in [0.4, 0.5) is 15.8 Å². The molecule has 3 nitrogen and oxygen atoms in total. The minimum Gasteiger partial charge on any atom is -0.375 e. The fourth-order valence-corrected chi connectivity index (χ4v) is 2.73. The lowest BCUT2D eigenvalue weighted by Gasteiger charge is -2.19. The number of nitrogens with one attached hydrogen (secondary N) is 1. The van der Waals surface area contributed by atoms with E-state index in [2.05, 4.69) is 21.2 Å². The van der Waals surface area contributed by atoms with Gasteiger partial charge in [-0.3, -0.25) is 4.79 Å². The summed E-state index contributed by atoms with van der Waals surface area (Å²) in [5.74, 6) is -0.895. The summed E-state index contributed by atoms with van der Waals surface area (Å²) in [7, 11) is 3.66. The average molecular weight is 372 g/mol. The zero-order chi connectivity index (χ0) is 15.6. The SMILES string of the molecule is CN(C)c1c(Cl)cccc1NC(=O)c1cccc(F)c1Br. The summed E-state index contributed by atoms with van der Waals surface area (Å²) in [5.41, 5.74) is 1.48. The van der Waals surface area contributed by atoms with Crippen LogP contribution in [0.1, 0.15) is 10.4 Å². The number of halogens is 3. The highest BCUT2D eigenvalue weighted by atomic mass is 79.9.